The highest BCUT2D eigenvalue weighted by atomic mass is 32.1. The van der Waals surface area contributed by atoms with Crippen LogP contribution in [0.4, 0.5) is 5.69 Å². The summed E-state index contributed by atoms with van der Waals surface area (Å²) in [6.07, 6.45) is 0. The molecule has 4 aromatic heterocycles. The van der Waals surface area contributed by atoms with Crippen LogP contribution in [0.15, 0.2) is 180 Å². The van der Waals surface area contributed by atoms with Gasteiger partial charge in [-0.15, -0.1) is 11.3 Å². The molecule has 0 atom stereocenters. The van der Waals surface area contributed by atoms with Gasteiger partial charge in [-0.2, -0.15) is 0 Å². The number of aliphatic imine (C=N–C) groups is 2. The Kier molecular flexibility index (Phi) is 6.68. The van der Waals surface area contributed by atoms with Gasteiger partial charge in [-0.05, 0) is 77.1 Å². The Morgan fingerprint density at radius 1 is 0.500 bits per heavy atom. The Labute approximate surface area is 325 Å². The number of rotatable bonds is 6. The van der Waals surface area contributed by atoms with E-state index in [0.29, 0.717) is 6.67 Å². The van der Waals surface area contributed by atoms with Gasteiger partial charge in [-0.3, -0.25) is 9.98 Å². The van der Waals surface area contributed by atoms with Crippen molar-refractivity contribution in [2.75, 3.05) is 0 Å². The lowest BCUT2D eigenvalue weighted by molar-refractivity contribution is 0.793. The number of nitrogens with zero attached hydrogens (tertiary/aromatic N) is 4. The van der Waals surface area contributed by atoms with E-state index in [9.17, 15) is 0 Å². The van der Waals surface area contributed by atoms with Gasteiger partial charge in [0.15, 0.2) is 0 Å². The molecule has 4 nitrogen and oxygen atoms in total. The minimum atomic E-state index is 0.450. The maximum atomic E-state index is 5.49. The van der Waals surface area contributed by atoms with Crippen molar-refractivity contribution in [1.29, 1.82) is 0 Å². The number of hydrogen-bond acceptors (Lipinski definition) is 3. The Morgan fingerprint density at radius 2 is 1.09 bits per heavy atom. The summed E-state index contributed by atoms with van der Waals surface area (Å²) in [5.41, 5.74) is 11.4. The van der Waals surface area contributed by atoms with E-state index in [1.165, 1.54) is 75.5 Å². The second-order valence-corrected chi connectivity index (χ2v) is 15.7. The predicted octanol–water partition coefficient (Wildman–Crippen LogP) is 13.8. The van der Waals surface area contributed by atoms with Gasteiger partial charge in [-0.25, -0.2) is 0 Å². The molecule has 0 aliphatic rings. The molecule has 0 saturated heterocycles. The molecule has 12 rings (SSSR count). The van der Waals surface area contributed by atoms with Crippen molar-refractivity contribution in [2.24, 2.45) is 9.98 Å². The van der Waals surface area contributed by atoms with Crippen LogP contribution >= 0.6 is 11.3 Å². The van der Waals surface area contributed by atoms with Crippen molar-refractivity contribution in [3.63, 3.8) is 0 Å². The Balaban J connectivity index is 1.02. The largest absolute Gasteiger partial charge is 0.320 e. The molecule has 0 bridgehead atoms. The van der Waals surface area contributed by atoms with Crippen LogP contribution in [-0.2, 0) is 6.67 Å². The Morgan fingerprint density at radius 3 is 1.89 bits per heavy atom. The molecule has 262 valence electrons. The minimum Gasteiger partial charge on any atom is -0.320 e. The zero-order valence-electron chi connectivity index (χ0n) is 30.3. The lowest BCUT2D eigenvalue weighted by Gasteiger charge is -2.11. The van der Waals surface area contributed by atoms with Crippen LogP contribution in [0.2, 0.25) is 0 Å². The van der Waals surface area contributed by atoms with Gasteiger partial charge in [0.1, 0.15) is 6.67 Å². The van der Waals surface area contributed by atoms with Crippen molar-refractivity contribution >= 4 is 110 Å². The second-order valence-electron chi connectivity index (χ2n) is 14.6. The molecule has 8 aromatic carbocycles. The van der Waals surface area contributed by atoms with Crippen LogP contribution in [-0.4, -0.2) is 21.4 Å². The van der Waals surface area contributed by atoms with Crippen molar-refractivity contribution < 1.29 is 0 Å². The van der Waals surface area contributed by atoms with Gasteiger partial charge in [0, 0.05) is 48.0 Å². The van der Waals surface area contributed by atoms with E-state index in [4.69, 9.17) is 4.99 Å². The SMILES string of the molecule is C=Nc1c(/C(=N\Cn2c3ccccc3c3cc(-c4ccc5c(c4)c4cccc6c7ccccc7n5c64)ccc32)c2ccc3ccccc3c2)sc2ccccc12. The summed E-state index contributed by atoms with van der Waals surface area (Å²) in [4.78, 5) is 11.1. The topological polar surface area (TPSA) is 34.1 Å². The number of hydrogen-bond donors (Lipinski definition) is 0. The highest BCUT2D eigenvalue weighted by Crippen LogP contribution is 2.42. The molecule has 0 amide bonds. The Bertz CT molecular complexity index is 3600. The normalized spacial score (nSPS) is 12.5. The van der Waals surface area contributed by atoms with Crippen LogP contribution in [0.5, 0.6) is 0 Å². The van der Waals surface area contributed by atoms with E-state index in [0.717, 1.165) is 38.3 Å². The van der Waals surface area contributed by atoms with Gasteiger partial charge in [0.05, 0.1) is 43.9 Å². The van der Waals surface area contributed by atoms with E-state index in [1.54, 1.807) is 11.3 Å². The summed E-state index contributed by atoms with van der Waals surface area (Å²) in [5, 5.41) is 11.1. The lowest BCUT2D eigenvalue weighted by Crippen LogP contribution is -2.05. The molecule has 0 spiro atoms. The average Bonchev–Trinajstić information content (AvgIpc) is 3.99. The van der Waals surface area contributed by atoms with E-state index >= 15 is 0 Å². The van der Waals surface area contributed by atoms with Crippen molar-refractivity contribution in [3.8, 4) is 11.1 Å². The van der Waals surface area contributed by atoms with E-state index in [-0.39, 0.29) is 0 Å². The average molecular weight is 733 g/mol. The third kappa shape index (κ3) is 4.46. The van der Waals surface area contributed by atoms with Crippen LogP contribution in [0.25, 0.3) is 91.9 Å². The van der Waals surface area contributed by atoms with Crippen molar-refractivity contribution in [3.05, 3.63) is 180 Å². The van der Waals surface area contributed by atoms with Gasteiger partial charge in [0.2, 0.25) is 0 Å². The quantitative estimate of drug-likeness (QED) is 0.153. The van der Waals surface area contributed by atoms with Gasteiger partial charge < -0.3 is 8.97 Å². The first-order chi connectivity index (χ1) is 27.7. The Hall–Kier alpha value is -7.08. The van der Waals surface area contributed by atoms with Crippen LogP contribution in [0, 0.1) is 0 Å². The van der Waals surface area contributed by atoms with Crippen molar-refractivity contribution in [2.45, 2.75) is 6.67 Å². The first-order valence-electron chi connectivity index (χ1n) is 18.9. The molecule has 12 aromatic rings. The van der Waals surface area contributed by atoms with Crippen molar-refractivity contribution in [1.82, 2.24) is 8.97 Å². The summed E-state index contributed by atoms with van der Waals surface area (Å²) in [7, 11) is 0. The summed E-state index contributed by atoms with van der Waals surface area (Å²) >= 11 is 1.73. The fraction of sp³-hybridized carbons (Fsp3) is 0.0196. The van der Waals surface area contributed by atoms with Crippen LogP contribution in [0.1, 0.15) is 10.4 Å². The molecule has 0 N–H and O–H groups in total. The second kappa shape index (κ2) is 12.0. The maximum Gasteiger partial charge on any atom is 0.115 e. The number of aromatic nitrogens is 2. The monoisotopic (exact) mass is 732 g/mol. The molecular formula is C51H32N4S. The fourth-order valence-corrected chi connectivity index (χ4v) is 10.3. The van der Waals surface area contributed by atoms with E-state index in [1.807, 2.05) is 0 Å². The molecule has 0 fully saturated rings. The van der Waals surface area contributed by atoms with Gasteiger partial charge in [-0.1, -0.05) is 121 Å². The molecule has 5 heteroatoms. The zero-order valence-corrected chi connectivity index (χ0v) is 31.1. The standard InChI is InChI=1S/C51H32N4S/c1-52-49-40-15-6-9-20-47(40)56-51(49)48(35-22-21-31-11-2-3-12-32(31)27-35)53-30-54-43-18-7-4-14-37(43)41-28-33(23-25-44(41)54)34-24-26-46-42(29-34)39-17-10-16-38-36-13-5-8-19-45(36)55(46)50(38)39/h2-29H,1,30H2/b53-48-. The smallest absolute Gasteiger partial charge is 0.115 e. The van der Waals surface area contributed by atoms with Crippen LogP contribution in [0.3, 0.4) is 0 Å². The molecule has 0 aliphatic heterocycles. The fourth-order valence-electron chi connectivity index (χ4n) is 9.12. The summed E-state index contributed by atoms with van der Waals surface area (Å²) in [5.74, 6) is 0. The molecule has 0 saturated carbocycles. The van der Waals surface area contributed by atoms with Gasteiger partial charge in [0.25, 0.3) is 0 Å². The summed E-state index contributed by atoms with van der Waals surface area (Å²) in [6, 6.07) is 61.6. The first kappa shape index (κ1) is 31.3. The molecule has 0 radical (unpaired) electrons. The van der Waals surface area contributed by atoms with Crippen LogP contribution < -0.4 is 0 Å². The number of benzene rings is 8. The highest BCUT2D eigenvalue weighted by Gasteiger charge is 2.20. The van der Waals surface area contributed by atoms with E-state index in [2.05, 4.69) is 191 Å². The molecule has 56 heavy (non-hydrogen) atoms. The minimum absolute atomic E-state index is 0.450. The zero-order chi connectivity index (χ0) is 36.9. The van der Waals surface area contributed by atoms with Gasteiger partial charge >= 0.3 is 0 Å². The van der Waals surface area contributed by atoms with E-state index < -0.39 is 0 Å². The summed E-state index contributed by atoms with van der Waals surface area (Å²) in [6.45, 7) is 4.46. The third-order valence-corrected chi connectivity index (χ3v) is 12.8. The number of para-hydroxylation sites is 3. The number of fused-ring (bicyclic) bond motifs is 11. The molecule has 0 aliphatic carbocycles. The molecule has 0 unspecified atom stereocenters. The number of thiophene rings is 1. The first-order valence-corrected chi connectivity index (χ1v) is 19.8. The third-order valence-electron chi connectivity index (χ3n) is 11.7. The predicted molar refractivity (Wildman–Crippen MR) is 240 cm³/mol. The molecule has 4 heterocycles. The highest BCUT2D eigenvalue weighted by molar-refractivity contribution is 7.21. The maximum absolute atomic E-state index is 5.49. The summed E-state index contributed by atoms with van der Waals surface area (Å²) < 4.78 is 5.97. The lowest BCUT2D eigenvalue weighted by atomic mass is 10.00. The molecular weight excluding hydrogens is 701 g/mol.